The number of fused-ring (bicyclic) bond motifs is 1. The monoisotopic (exact) mass is 257 g/mol. The molecular weight excluding hydrogens is 246 g/mol. The normalized spacial score (nSPS) is 10.9. The quantitative estimate of drug-likeness (QED) is 0.654. The van der Waals surface area contributed by atoms with Crippen molar-refractivity contribution in [2.75, 3.05) is 0 Å². The summed E-state index contributed by atoms with van der Waals surface area (Å²) in [6.45, 7) is 2.01. The molecular formula is C14H11NO2S. The van der Waals surface area contributed by atoms with Crippen molar-refractivity contribution < 1.29 is 10.2 Å². The van der Waals surface area contributed by atoms with E-state index in [1.54, 1.807) is 0 Å². The van der Waals surface area contributed by atoms with Gasteiger partial charge in [-0.05, 0) is 36.8 Å². The Labute approximate surface area is 108 Å². The maximum atomic E-state index is 9.84. The number of nitrogens with zero attached hydrogens (tertiary/aromatic N) is 1. The summed E-state index contributed by atoms with van der Waals surface area (Å²) < 4.78 is 1.08. The third-order valence-corrected chi connectivity index (χ3v) is 3.89. The molecule has 0 atom stereocenters. The Kier molecular flexibility index (Phi) is 2.45. The highest BCUT2D eigenvalue weighted by Crippen LogP contribution is 2.37. The molecule has 0 amide bonds. The van der Waals surface area contributed by atoms with Crippen molar-refractivity contribution in [1.29, 1.82) is 0 Å². The number of benzene rings is 2. The first-order valence-electron chi connectivity index (χ1n) is 5.53. The number of aromatic nitrogens is 1. The van der Waals surface area contributed by atoms with Crippen molar-refractivity contribution in [3.8, 4) is 22.1 Å². The van der Waals surface area contributed by atoms with Gasteiger partial charge in [-0.15, -0.1) is 11.3 Å². The minimum absolute atomic E-state index is 0.124. The third kappa shape index (κ3) is 1.71. The molecule has 0 saturated carbocycles. The van der Waals surface area contributed by atoms with E-state index in [0.717, 1.165) is 15.8 Å². The van der Waals surface area contributed by atoms with E-state index >= 15 is 0 Å². The average molecular weight is 257 g/mol. The number of hydrogen-bond acceptors (Lipinski definition) is 4. The molecule has 0 bridgehead atoms. The van der Waals surface area contributed by atoms with Crippen molar-refractivity contribution in [2.24, 2.45) is 0 Å². The lowest BCUT2D eigenvalue weighted by atomic mass is 10.2. The van der Waals surface area contributed by atoms with Crippen LogP contribution in [0.2, 0.25) is 0 Å². The van der Waals surface area contributed by atoms with Gasteiger partial charge >= 0.3 is 0 Å². The van der Waals surface area contributed by atoms with Gasteiger partial charge in [0.2, 0.25) is 0 Å². The summed E-state index contributed by atoms with van der Waals surface area (Å²) in [5.41, 5.74) is 2.62. The van der Waals surface area contributed by atoms with E-state index in [1.807, 2.05) is 25.1 Å². The number of aryl methyl sites for hydroxylation is 1. The zero-order valence-corrected chi connectivity index (χ0v) is 10.5. The summed E-state index contributed by atoms with van der Waals surface area (Å²) in [4.78, 5) is 4.53. The molecule has 3 aromatic rings. The third-order valence-electron chi connectivity index (χ3n) is 2.83. The van der Waals surface area contributed by atoms with Gasteiger partial charge in [0.15, 0.2) is 0 Å². The molecule has 1 aromatic heterocycles. The molecule has 18 heavy (non-hydrogen) atoms. The highest BCUT2D eigenvalue weighted by atomic mass is 32.1. The number of rotatable bonds is 1. The predicted molar refractivity (Wildman–Crippen MR) is 73.1 cm³/mol. The Morgan fingerprint density at radius 1 is 1.11 bits per heavy atom. The lowest BCUT2D eigenvalue weighted by Gasteiger charge is -2.00. The number of phenols is 2. The van der Waals surface area contributed by atoms with Gasteiger partial charge in [-0.1, -0.05) is 12.1 Å². The minimum atomic E-state index is 0.124. The van der Waals surface area contributed by atoms with Crippen LogP contribution in [0, 0.1) is 6.92 Å². The van der Waals surface area contributed by atoms with Gasteiger partial charge in [-0.25, -0.2) is 4.98 Å². The summed E-state index contributed by atoms with van der Waals surface area (Å²) in [5, 5.41) is 20.0. The van der Waals surface area contributed by atoms with Crippen LogP contribution in [0.15, 0.2) is 36.4 Å². The molecule has 0 aliphatic heterocycles. The molecule has 0 radical (unpaired) electrons. The number of para-hydroxylation sites is 1. The number of aromatic hydroxyl groups is 2. The molecule has 2 N–H and O–H groups in total. The van der Waals surface area contributed by atoms with E-state index in [2.05, 4.69) is 4.98 Å². The molecule has 1 heterocycles. The van der Waals surface area contributed by atoms with Crippen LogP contribution < -0.4 is 0 Å². The second-order valence-corrected chi connectivity index (χ2v) is 5.17. The summed E-state index contributed by atoms with van der Waals surface area (Å²) in [7, 11) is 0. The highest BCUT2D eigenvalue weighted by Gasteiger charge is 2.12. The van der Waals surface area contributed by atoms with Crippen LogP contribution in [0.25, 0.3) is 20.8 Å². The van der Waals surface area contributed by atoms with Crippen molar-refractivity contribution in [2.45, 2.75) is 6.92 Å². The number of thiazole rings is 1. The van der Waals surface area contributed by atoms with Crippen molar-refractivity contribution in [3.05, 3.63) is 42.0 Å². The lowest BCUT2D eigenvalue weighted by Crippen LogP contribution is -1.79. The minimum Gasteiger partial charge on any atom is -0.508 e. The molecule has 4 heteroatoms. The van der Waals surface area contributed by atoms with Gasteiger partial charge < -0.3 is 10.2 Å². The largest absolute Gasteiger partial charge is 0.508 e. The van der Waals surface area contributed by atoms with E-state index in [9.17, 15) is 10.2 Å². The maximum Gasteiger partial charge on any atom is 0.128 e. The lowest BCUT2D eigenvalue weighted by molar-refractivity contribution is 0.462. The number of phenolic OH excluding ortho intramolecular Hbond substituents is 2. The Balaban J connectivity index is 2.26. The van der Waals surface area contributed by atoms with Gasteiger partial charge in [0.1, 0.15) is 16.5 Å². The molecule has 0 fully saturated rings. The number of hydrogen-bond donors (Lipinski definition) is 2. The molecule has 0 saturated heterocycles. The highest BCUT2D eigenvalue weighted by molar-refractivity contribution is 7.21. The summed E-state index contributed by atoms with van der Waals surface area (Å²) >= 11 is 1.51. The Morgan fingerprint density at radius 3 is 2.72 bits per heavy atom. The molecule has 90 valence electrons. The van der Waals surface area contributed by atoms with Crippen molar-refractivity contribution >= 4 is 21.6 Å². The first-order valence-corrected chi connectivity index (χ1v) is 6.35. The van der Waals surface area contributed by atoms with E-state index < -0.39 is 0 Å². The first kappa shape index (κ1) is 11.0. The fraction of sp³-hybridized carbons (Fsp3) is 0.0714. The van der Waals surface area contributed by atoms with Crippen LogP contribution in [0.5, 0.6) is 11.5 Å². The molecule has 3 rings (SSSR count). The molecule has 0 aliphatic carbocycles. The Bertz CT molecular complexity index is 734. The molecule has 0 unspecified atom stereocenters. The average Bonchev–Trinajstić information content (AvgIpc) is 2.77. The van der Waals surface area contributed by atoms with E-state index in [4.69, 9.17) is 0 Å². The van der Waals surface area contributed by atoms with E-state index in [-0.39, 0.29) is 11.5 Å². The maximum absolute atomic E-state index is 9.84. The van der Waals surface area contributed by atoms with Crippen LogP contribution in [-0.4, -0.2) is 15.2 Å². The summed E-state index contributed by atoms with van der Waals surface area (Å²) in [6.07, 6.45) is 0. The molecule has 0 spiro atoms. The topological polar surface area (TPSA) is 53.4 Å². The van der Waals surface area contributed by atoms with Crippen LogP contribution in [0.4, 0.5) is 0 Å². The van der Waals surface area contributed by atoms with Crippen LogP contribution in [0.3, 0.4) is 0 Å². The predicted octanol–water partition coefficient (Wildman–Crippen LogP) is 3.68. The van der Waals surface area contributed by atoms with Crippen LogP contribution >= 0.6 is 11.3 Å². The van der Waals surface area contributed by atoms with Gasteiger partial charge in [-0.2, -0.15) is 0 Å². The second kappa shape index (κ2) is 3.99. The SMILES string of the molecule is Cc1cccc2sc(-c3cc(O)ccc3O)nc12. The fourth-order valence-corrected chi connectivity index (χ4v) is 2.97. The fourth-order valence-electron chi connectivity index (χ4n) is 1.90. The van der Waals surface area contributed by atoms with Gasteiger partial charge in [-0.3, -0.25) is 0 Å². The zero-order chi connectivity index (χ0) is 12.7. The van der Waals surface area contributed by atoms with Gasteiger partial charge in [0.05, 0.1) is 15.8 Å². The molecule has 3 nitrogen and oxygen atoms in total. The standard InChI is InChI=1S/C14H11NO2S/c1-8-3-2-4-12-13(8)15-14(18-12)10-7-9(16)5-6-11(10)17/h2-7,16-17H,1H3. The Morgan fingerprint density at radius 2 is 1.94 bits per heavy atom. The molecule has 2 aromatic carbocycles. The Hall–Kier alpha value is -2.07. The van der Waals surface area contributed by atoms with Gasteiger partial charge in [0, 0.05) is 0 Å². The first-order chi connectivity index (χ1) is 8.65. The van der Waals surface area contributed by atoms with E-state index in [1.165, 1.54) is 29.5 Å². The zero-order valence-electron chi connectivity index (χ0n) is 9.71. The summed E-state index contributed by atoms with van der Waals surface area (Å²) in [5.74, 6) is 0.253. The van der Waals surface area contributed by atoms with Crippen molar-refractivity contribution in [1.82, 2.24) is 4.98 Å². The summed E-state index contributed by atoms with van der Waals surface area (Å²) in [6, 6.07) is 10.5. The smallest absolute Gasteiger partial charge is 0.128 e. The van der Waals surface area contributed by atoms with Crippen LogP contribution in [0.1, 0.15) is 5.56 Å². The van der Waals surface area contributed by atoms with E-state index in [0.29, 0.717) is 10.6 Å². The molecule has 0 aliphatic rings. The van der Waals surface area contributed by atoms with Crippen molar-refractivity contribution in [3.63, 3.8) is 0 Å². The van der Waals surface area contributed by atoms with Crippen LogP contribution in [-0.2, 0) is 0 Å². The second-order valence-electron chi connectivity index (χ2n) is 4.14. The van der Waals surface area contributed by atoms with Gasteiger partial charge in [0.25, 0.3) is 0 Å².